The summed E-state index contributed by atoms with van der Waals surface area (Å²) in [4.78, 5) is 27.0. The van der Waals surface area contributed by atoms with Crippen molar-refractivity contribution in [1.82, 2.24) is 4.57 Å². The van der Waals surface area contributed by atoms with E-state index in [0.29, 0.717) is 10.6 Å². The summed E-state index contributed by atoms with van der Waals surface area (Å²) in [6.07, 6.45) is 1.82. The van der Waals surface area contributed by atoms with Gasteiger partial charge in [0.05, 0.1) is 10.6 Å². The maximum atomic E-state index is 12.9. The zero-order valence-electron chi connectivity index (χ0n) is 16.0. The lowest BCUT2D eigenvalue weighted by Gasteiger charge is -2.12. The summed E-state index contributed by atoms with van der Waals surface area (Å²) in [5.74, 6) is -0.276. The number of anilines is 1. The van der Waals surface area contributed by atoms with Gasteiger partial charge in [-0.25, -0.2) is 4.90 Å². The van der Waals surface area contributed by atoms with E-state index in [1.807, 2.05) is 50.3 Å². The van der Waals surface area contributed by atoms with Crippen molar-refractivity contribution in [1.29, 1.82) is 0 Å². The van der Waals surface area contributed by atoms with Crippen LogP contribution in [0.15, 0.2) is 65.6 Å². The topological polar surface area (TPSA) is 42.3 Å². The zero-order chi connectivity index (χ0) is 19.8. The molecule has 0 bridgehead atoms. The number of carbonyl (C=O) groups is 2. The van der Waals surface area contributed by atoms with Crippen molar-refractivity contribution in [2.45, 2.75) is 20.8 Å². The number of carbonyl (C=O) groups excluding carboxylic acids is 2. The van der Waals surface area contributed by atoms with Crippen LogP contribution in [0.3, 0.4) is 0 Å². The summed E-state index contributed by atoms with van der Waals surface area (Å²) in [6.45, 7) is 6.16. The van der Waals surface area contributed by atoms with E-state index < -0.39 is 0 Å². The monoisotopic (exact) mass is 388 g/mol. The molecule has 0 aliphatic carbocycles. The van der Waals surface area contributed by atoms with Gasteiger partial charge in [-0.05, 0) is 74.0 Å². The Balaban J connectivity index is 1.73. The van der Waals surface area contributed by atoms with E-state index in [9.17, 15) is 9.59 Å². The summed E-state index contributed by atoms with van der Waals surface area (Å²) in [5.41, 5.74) is 5.96. The van der Waals surface area contributed by atoms with Gasteiger partial charge in [-0.3, -0.25) is 9.59 Å². The molecule has 4 rings (SSSR count). The largest absolute Gasteiger partial charge is 0.318 e. The number of hydrogen-bond donors (Lipinski definition) is 0. The summed E-state index contributed by atoms with van der Waals surface area (Å²) in [5, 5.41) is -0.268. The predicted octanol–water partition coefficient (Wildman–Crippen LogP) is 5.64. The van der Waals surface area contributed by atoms with Crippen molar-refractivity contribution in [3.63, 3.8) is 0 Å². The van der Waals surface area contributed by atoms with Gasteiger partial charge in [0.25, 0.3) is 11.1 Å². The molecule has 0 unspecified atom stereocenters. The van der Waals surface area contributed by atoms with E-state index in [4.69, 9.17) is 0 Å². The summed E-state index contributed by atoms with van der Waals surface area (Å²) >= 11 is 0.984. The maximum Gasteiger partial charge on any atom is 0.298 e. The molecule has 5 heteroatoms. The third-order valence-corrected chi connectivity index (χ3v) is 5.79. The van der Waals surface area contributed by atoms with Crippen LogP contribution in [0.4, 0.5) is 10.5 Å². The molecule has 140 valence electrons. The van der Waals surface area contributed by atoms with Crippen LogP contribution >= 0.6 is 11.8 Å². The molecule has 1 aliphatic heterocycles. The quantitative estimate of drug-likeness (QED) is 0.545. The van der Waals surface area contributed by atoms with E-state index in [0.717, 1.165) is 34.4 Å². The number of benzene rings is 2. The Morgan fingerprint density at radius 3 is 2.29 bits per heavy atom. The van der Waals surface area contributed by atoms with E-state index in [1.165, 1.54) is 10.5 Å². The highest BCUT2D eigenvalue weighted by Crippen LogP contribution is 2.36. The Labute approximate surface area is 168 Å². The first-order chi connectivity index (χ1) is 13.5. The first-order valence-electron chi connectivity index (χ1n) is 9.05. The number of para-hydroxylation sites is 2. The fraction of sp³-hybridized carbons (Fsp3) is 0.130. The number of nitrogens with zero attached hydrogens (tertiary/aromatic N) is 2. The molecule has 0 N–H and O–H groups in total. The Bertz CT molecular complexity index is 1110. The Morgan fingerprint density at radius 2 is 1.57 bits per heavy atom. The molecule has 2 amide bonds. The molecule has 3 aromatic rings. The van der Waals surface area contributed by atoms with Crippen molar-refractivity contribution in [2.24, 2.45) is 0 Å². The molecule has 0 saturated carbocycles. The lowest BCUT2D eigenvalue weighted by Crippen LogP contribution is -2.27. The van der Waals surface area contributed by atoms with Crippen LogP contribution in [0.2, 0.25) is 0 Å². The number of aryl methyl sites for hydroxylation is 2. The molecule has 1 saturated heterocycles. The normalized spacial score (nSPS) is 15.7. The zero-order valence-corrected chi connectivity index (χ0v) is 16.8. The molecule has 4 nitrogen and oxygen atoms in total. The second-order valence-corrected chi connectivity index (χ2v) is 7.79. The van der Waals surface area contributed by atoms with Crippen molar-refractivity contribution in [2.75, 3.05) is 4.90 Å². The van der Waals surface area contributed by atoms with Gasteiger partial charge in [-0.2, -0.15) is 0 Å². The van der Waals surface area contributed by atoms with Crippen LogP contribution in [-0.4, -0.2) is 15.7 Å². The second-order valence-electron chi connectivity index (χ2n) is 6.80. The molecule has 1 aromatic heterocycles. The maximum absolute atomic E-state index is 12.9. The molecule has 0 radical (unpaired) electrons. The minimum Gasteiger partial charge on any atom is -0.318 e. The molecular formula is C23H20N2O2S. The highest BCUT2D eigenvalue weighted by molar-refractivity contribution is 8.19. The van der Waals surface area contributed by atoms with E-state index in [-0.39, 0.29) is 11.1 Å². The van der Waals surface area contributed by atoms with Crippen LogP contribution in [0.1, 0.15) is 22.5 Å². The van der Waals surface area contributed by atoms with E-state index >= 15 is 0 Å². The smallest absolute Gasteiger partial charge is 0.298 e. The first kappa shape index (κ1) is 18.3. The minimum absolute atomic E-state index is 0.268. The van der Waals surface area contributed by atoms with Crippen LogP contribution < -0.4 is 4.90 Å². The van der Waals surface area contributed by atoms with Gasteiger partial charge >= 0.3 is 0 Å². The third-order valence-electron chi connectivity index (χ3n) is 4.92. The molecule has 2 heterocycles. The summed E-state index contributed by atoms with van der Waals surface area (Å²) in [7, 11) is 0. The van der Waals surface area contributed by atoms with Gasteiger partial charge in [0, 0.05) is 17.1 Å². The van der Waals surface area contributed by atoms with Gasteiger partial charge in [-0.15, -0.1) is 0 Å². The fourth-order valence-electron chi connectivity index (χ4n) is 3.53. The van der Waals surface area contributed by atoms with Crippen LogP contribution in [0, 0.1) is 20.8 Å². The molecule has 1 fully saturated rings. The van der Waals surface area contributed by atoms with Gasteiger partial charge in [0.1, 0.15) is 0 Å². The van der Waals surface area contributed by atoms with E-state index in [2.05, 4.69) is 29.7 Å². The molecule has 0 atom stereocenters. The Hall–Kier alpha value is -3.05. The number of thioether (sulfide) groups is 1. The molecule has 1 aliphatic rings. The van der Waals surface area contributed by atoms with Crippen molar-refractivity contribution in [3.8, 4) is 5.69 Å². The highest BCUT2D eigenvalue weighted by atomic mass is 32.2. The number of imide groups is 1. The van der Waals surface area contributed by atoms with Gasteiger partial charge in [0.15, 0.2) is 0 Å². The van der Waals surface area contributed by atoms with Crippen molar-refractivity contribution < 1.29 is 9.59 Å². The summed E-state index contributed by atoms with van der Waals surface area (Å²) in [6, 6.07) is 19.3. The van der Waals surface area contributed by atoms with Gasteiger partial charge < -0.3 is 4.57 Å². The average molecular weight is 388 g/mol. The predicted molar refractivity (Wildman–Crippen MR) is 115 cm³/mol. The number of rotatable bonds is 3. The fourth-order valence-corrected chi connectivity index (χ4v) is 4.36. The Morgan fingerprint density at radius 1 is 0.893 bits per heavy atom. The van der Waals surface area contributed by atoms with Crippen LogP contribution in [0.25, 0.3) is 11.8 Å². The van der Waals surface area contributed by atoms with Crippen molar-refractivity contribution in [3.05, 3.63) is 88.1 Å². The standard InChI is InChI=1S/C23H20N2O2S/c1-15-9-7-8-12-20(15)24-16(2)13-18(17(24)3)14-21-22(26)25(23(27)28-21)19-10-5-4-6-11-19/h4-14H,1-3H3. The Kier molecular flexibility index (Phi) is 4.69. The second kappa shape index (κ2) is 7.17. The molecule has 2 aromatic carbocycles. The average Bonchev–Trinajstić information content (AvgIpc) is 3.12. The summed E-state index contributed by atoms with van der Waals surface area (Å²) < 4.78 is 2.18. The highest BCUT2D eigenvalue weighted by Gasteiger charge is 2.36. The lowest BCUT2D eigenvalue weighted by atomic mass is 10.2. The van der Waals surface area contributed by atoms with Crippen LogP contribution in [-0.2, 0) is 4.79 Å². The molecule has 0 spiro atoms. The van der Waals surface area contributed by atoms with Gasteiger partial charge in [0.2, 0.25) is 0 Å². The molecular weight excluding hydrogens is 368 g/mol. The molecule has 28 heavy (non-hydrogen) atoms. The third kappa shape index (κ3) is 3.08. The minimum atomic E-state index is -0.276. The SMILES string of the molecule is Cc1ccccc1-n1c(C)cc(C=C2SC(=O)N(c3ccccc3)C2=O)c1C. The number of amides is 2. The van der Waals surface area contributed by atoms with E-state index in [1.54, 1.807) is 12.1 Å². The van der Waals surface area contributed by atoms with Crippen LogP contribution in [0.5, 0.6) is 0 Å². The number of aromatic nitrogens is 1. The lowest BCUT2D eigenvalue weighted by molar-refractivity contribution is -0.113. The van der Waals surface area contributed by atoms with Gasteiger partial charge in [-0.1, -0.05) is 36.4 Å². The first-order valence-corrected chi connectivity index (χ1v) is 9.87. The van der Waals surface area contributed by atoms with Crippen molar-refractivity contribution >= 4 is 34.7 Å². The number of hydrogen-bond acceptors (Lipinski definition) is 3.